The van der Waals surface area contributed by atoms with Gasteiger partial charge in [0.15, 0.2) is 0 Å². The van der Waals surface area contributed by atoms with Crippen LogP contribution in [-0.4, -0.2) is 69.7 Å². The van der Waals surface area contributed by atoms with Crippen LogP contribution in [-0.2, 0) is 4.84 Å². The lowest BCUT2D eigenvalue weighted by atomic mass is 10.0. The van der Waals surface area contributed by atoms with Crippen molar-refractivity contribution in [3.8, 4) is 0 Å². The van der Waals surface area contributed by atoms with Gasteiger partial charge in [-0.3, -0.25) is 4.84 Å². The third-order valence-electron chi connectivity index (χ3n) is 2.03. The van der Waals surface area contributed by atoms with Gasteiger partial charge in [-0.1, -0.05) is 6.92 Å². The smallest absolute Gasteiger partial charge is 0.111 e. The van der Waals surface area contributed by atoms with Crippen LogP contribution < -0.4 is 5.48 Å². The molecule has 98 valence electrons. The van der Waals surface area contributed by atoms with Gasteiger partial charge in [-0.05, 0) is 6.42 Å². The van der Waals surface area contributed by atoms with Crippen LogP contribution in [0.2, 0.25) is 0 Å². The fourth-order valence-electron chi connectivity index (χ4n) is 0.980. The molecule has 0 bridgehead atoms. The second kappa shape index (κ2) is 8.82. The summed E-state index contributed by atoms with van der Waals surface area (Å²) >= 11 is 0. The summed E-state index contributed by atoms with van der Waals surface area (Å²) < 4.78 is 0. The van der Waals surface area contributed by atoms with Crippen molar-refractivity contribution < 1.29 is 30.4 Å². The highest BCUT2D eigenvalue weighted by atomic mass is 16.6. The Kier molecular flexibility index (Phi) is 8.67. The minimum absolute atomic E-state index is 0.226. The summed E-state index contributed by atoms with van der Waals surface area (Å²) in [5.74, 6) is 0. The van der Waals surface area contributed by atoms with Gasteiger partial charge in [0.25, 0.3) is 0 Å². The molecule has 4 atom stereocenters. The van der Waals surface area contributed by atoms with E-state index >= 15 is 0 Å². The highest BCUT2D eigenvalue weighted by Crippen LogP contribution is 2.05. The van der Waals surface area contributed by atoms with Crippen LogP contribution in [0, 0.1) is 0 Å². The van der Waals surface area contributed by atoms with Crippen LogP contribution in [0.25, 0.3) is 0 Å². The third-order valence-corrected chi connectivity index (χ3v) is 2.03. The average molecular weight is 239 g/mol. The fraction of sp³-hybridized carbons (Fsp3) is 1.00. The number of aliphatic hydroxyl groups is 5. The molecule has 0 aromatic rings. The van der Waals surface area contributed by atoms with E-state index in [1.807, 2.05) is 6.92 Å². The van der Waals surface area contributed by atoms with Crippen LogP contribution >= 0.6 is 0 Å². The molecular weight excluding hydrogens is 218 g/mol. The minimum atomic E-state index is -1.62. The van der Waals surface area contributed by atoms with E-state index in [0.29, 0.717) is 6.54 Å². The van der Waals surface area contributed by atoms with E-state index in [1.165, 1.54) is 0 Å². The molecule has 0 spiro atoms. The van der Waals surface area contributed by atoms with Crippen molar-refractivity contribution in [2.75, 3.05) is 19.8 Å². The lowest BCUT2D eigenvalue weighted by Crippen LogP contribution is -2.47. The molecule has 0 rings (SSSR count). The van der Waals surface area contributed by atoms with Gasteiger partial charge in [-0.2, -0.15) is 0 Å². The molecule has 7 nitrogen and oxygen atoms in total. The topological polar surface area (TPSA) is 122 Å². The van der Waals surface area contributed by atoms with Crippen molar-refractivity contribution in [1.29, 1.82) is 0 Å². The summed E-state index contributed by atoms with van der Waals surface area (Å²) in [6, 6.07) is 0. The quantitative estimate of drug-likeness (QED) is 0.192. The van der Waals surface area contributed by atoms with Gasteiger partial charge in [-0.15, -0.1) is 0 Å². The molecule has 6 N–H and O–H groups in total. The largest absolute Gasteiger partial charge is 0.394 e. The number of rotatable bonds is 9. The number of hydrogen-bond acceptors (Lipinski definition) is 7. The molecule has 0 radical (unpaired) electrons. The molecule has 0 amide bonds. The maximum absolute atomic E-state index is 9.37. The first-order chi connectivity index (χ1) is 7.54. The van der Waals surface area contributed by atoms with Crippen molar-refractivity contribution in [3.05, 3.63) is 0 Å². The van der Waals surface area contributed by atoms with E-state index in [4.69, 9.17) is 15.1 Å². The second-order valence-corrected chi connectivity index (χ2v) is 3.50. The molecule has 0 saturated carbocycles. The van der Waals surface area contributed by atoms with Crippen LogP contribution in [0.5, 0.6) is 0 Å². The summed E-state index contributed by atoms with van der Waals surface area (Å²) in [4.78, 5) is 4.81. The predicted octanol–water partition coefficient (Wildman–Crippen LogP) is -2.65. The Hall–Kier alpha value is -0.280. The summed E-state index contributed by atoms with van der Waals surface area (Å²) in [5, 5.41) is 45.6. The van der Waals surface area contributed by atoms with Gasteiger partial charge < -0.3 is 25.5 Å². The first kappa shape index (κ1) is 15.7. The lowest BCUT2D eigenvalue weighted by Gasteiger charge is -2.25. The van der Waals surface area contributed by atoms with E-state index in [-0.39, 0.29) is 6.61 Å². The molecule has 16 heavy (non-hydrogen) atoms. The van der Waals surface area contributed by atoms with Gasteiger partial charge in [0, 0.05) is 6.54 Å². The molecule has 0 unspecified atom stereocenters. The van der Waals surface area contributed by atoms with E-state index in [9.17, 15) is 15.3 Å². The third kappa shape index (κ3) is 5.71. The van der Waals surface area contributed by atoms with Gasteiger partial charge >= 0.3 is 0 Å². The predicted molar refractivity (Wildman–Crippen MR) is 55.4 cm³/mol. The van der Waals surface area contributed by atoms with Gasteiger partial charge in [0.2, 0.25) is 0 Å². The summed E-state index contributed by atoms with van der Waals surface area (Å²) in [7, 11) is 0. The van der Waals surface area contributed by atoms with Gasteiger partial charge in [0.1, 0.15) is 24.4 Å². The Balaban J connectivity index is 3.83. The number of nitrogens with one attached hydrogen (secondary N) is 1. The maximum atomic E-state index is 9.37. The molecule has 0 aliphatic heterocycles. The molecular formula is C9H21NO6. The van der Waals surface area contributed by atoms with Crippen molar-refractivity contribution in [2.24, 2.45) is 0 Å². The number of hydroxylamine groups is 1. The Morgan fingerprint density at radius 3 is 2.12 bits per heavy atom. The van der Waals surface area contributed by atoms with Crippen LogP contribution in [0.15, 0.2) is 0 Å². The van der Waals surface area contributed by atoms with Crippen LogP contribution in [0.1, 0.15) is 13.3 Å². The van der Waals surface area contributed by atoms with E-state index in [0.717, 1.165) is 6.42 Å². The van der Waals surface area contributed by atoms with Gasteiger partial charge in [-0.25, -0.2) is 5.48 Å². The Morgan fingerprint density at radius 2 is 1.62 bits per heavy atom. The fourth-order valence-corrected chi connectivity index (χ4v) is 0.980. The standard InChI is InChI=1S/C9H21NO6/c1-2-3-10-16-5-7(13)9(15)8(14)6(12)4-11/h6-15H,2-5H2,1H3/t6-,7+,8-,9-/m1/s1. The highest BCUT2D eigenvalue weighted by molar-refractivity contribution is 4.80. The van der Waals surface area contributed by atoms with Gasteiger partial charge in [0.05, 0.1) is 13.2 Å². The number of hydrogen-bond donors (Lipinski definition) is 6. The molecule has 0 saturated heterocycles. The van der Waals surface area contributed by atoms with Crippen molar-refractivity contribution >= 4 is 0 Å². The average Bonchev–Trinajstić information content (AvgIpc) is 2.31. The van der Waals surface area contributed by atoms with E-state index < -0.39 is 31.0 Å². The number of aliphatic hydroxyl groups excluding tert-OH is 5. The minimum Gasteiger partial charge on any atom is -0.394 e. The monoisotopic (exact) mass is 239 g/mol. The Labute approximate surface area is 94.2 Å². The normalized spacial score (nSPS) is 19.1. The van der Waals surface area contributed by atoms with E-state index in [2.05, 4.69) is 5.48 Å². The first-order valence-corrected chi connectivity index (χ1v) is 5.22. The SMILES string of the molecule is CCCNOC[C@H](O)[C@@H](O)[C@H](O)[C@H](O)CO. The molecule has 0 aromatic carbocycles. The first-order valence-electron chi connectivity index (χ1n) is 5.22. The highest BCUT2D eigenvalue weighted by Gasteiger charge is 2.30. The molecule has 0 heterocycles. The van der Waals surface area contributed by atoms with Crippen LogP contribution in [0.3, 0.4) is 0 Å². The van der Waals surface area contributed by atoms with Crippen LogP contribution in [0.4, 0.5) is 0 Å². The van der Waals surface area contributed by atoms with Crippen molar-refractivity contribution in [3.63, 3.8) is 0 Å². The lowest BCUT2D eigenvalue weighted by molar-refractivity contribution is -0.136. The summed E-state index contributed by atoms with van der Waals surface area (Å²) in [6.07, 6.45) is -5.18. The zero-order valence-corrected chi connectivity index (χ0v) is 9.28. The van der Waals surface area contributed by atoms with E-state index in [1.54, 1.807) is 0 Å². The Bertz CT molecular complexity index is 170. The summed E-state index contributed by atoms with van der Waals surface area (Å²) in [5.41, 5.74) is 2.54. The molecule has 7 heteroatoms. The maximum Gasteiger partial charge on any atom is 0.111 e. The Morgan fingerprint density at radius 1 is 1.06 bits per heavy atom. The zero-order chi connectivity index (χ0) is 12.6. The second-order valence-electron chi connectivity index (χ2n) is 3.50. The summed E-state index contributed by atoms with van der Waals surface area (Å²) in [6.45, 7) is 1.61. The van der Waals surface area contributed by atoms with Crippen molar-refractivity contribution in [1.82, 2.24) is 5.48 Å². The molecule has 0 aliphatic rings. The molecule has 0 aromatic heterocycles. The molecule has 0 fully saturated rings. The van der Waals surface area contributed by atoms with Crippen molar-refractivity contribution in [2.45, 2.75) is 37.8 Å². The molecule has 0 aliphatic carbocycles. The zero-order valence-electron chi connectivity index (χ0n) is 9.28.